The van der Waals surface area contributed by atoms with Gasteiger partial charge in [0, 0.05) is 44.4 Å². The lowest BCUT2D eigenvalue weighted by Gasteiger charge is -2.58. The van der Waals surface area contributed by atoms with Crippen LogP contribution in [0.15, 0.2) is 241 Å². The van der Waals surface area contributed by atoms with Crippen LogP contribution in [-0.4, -0.2) is 5.54 Å². The first-order valence-electron chi connectivity index (χ1n) is 30.3. The summed E-state index contributed by atoms with van der Waals surface area (Å²) in [5.74, 6) is 1.37. The lowest BCUT2D eigenvalue weighted by molar-refractivity contribution is 0.386. The van der Waals surface area contributed by atoms with Crippen molar-refractivity contribution in [3.05, 3.63) is 297 Å². The van der Waals surface area contributed by atoms with Crippen molar-refractivity contribution in [2.24, 2.45) is 0 Å². The number of para-hydroxylation sites is 5. The van der Waals surface area contributed by atoms with Gasteiger partial charge in [-0.05, 0) is 184 Å². The Balaban J connectivity index is 0.743. The number of nitrogens with zero attached hydrogens (tertiary/aromatic N) is 3. The van der Waals surface area contributed by atoms with Gasteiger partial charge >= 0.3 is 0 Å². The minimum absolute atomic E-state index is 0.135. The van der Waals surface area contributed by atoms with E-state index in [0.29, 0.717) is 17.8 Å². The van der Waals surface area contributed by atoms with Gasteiger partial charge in [-0.2, -0.15) is 0 Å². The van der Waals surface area contributed by atoms with E-state index in [9.17, 15) is 0 Å². The van der Waals surface area contributed by atoms with Crippen molar-refractivity contribution in [3.8, 4) is 0 Å². The molecule has 82 heavy (non-hydrogen) atoms. The quantitative estimate of drug-likeness (QED) is 0.164. The second kappa shape index (κ2) is 18.2. The Hall–Kier alpha value is -8.14. The van der Waals surface area contributed by atoms with E-state index in [2.05, 4.69) is 301 Å². The van der Waals surface area contributed by atoms with E-state index in [-0.39, 0.29) is 27.2 Å². The molecular weight excluding hydrogens is 991 g/mol. The van der Waals surface area contributed by atoms with Crippen LogP contribution >= 0.6 is 0 Å². The molecule has 3 heteroatoms. The zero-order valence-electron chi connectivity index (χ0n) is 49.3. The summed E-state index contributed by atoms with van der Waals surface area (Å²) in [6, 6.07) is 83.4. The van der Waals surface area contributed by atoms with Gasteiger partial charge in [0.05, 0.1) is 28.3 Å². The third-order valence-corrected chi connectivity index (χ3v) is 21.0. The first kappa shape index (κ1) is 50.8. The number of hydrogen-bond donors (Lipinski definition) is 0. The Kier molecular flexibility index (Phi) is 11.3. The normalized spacial score (nSPS) is 22.8. The first-order chi connectivity index (χ1) is 39.5. The van der Waals surface area contributed by atoms with E-state index in [0.717, 1.165) is 19.3 Å². The minimum Gasteiger partial charge on any atom is -0.331 e. The summed E-state index contributed by atoms with van der Waals surface area (Å²) in [6.45, 7) is 22.1. The summed E-state index contributed by atoms with van der Waals surface area (Å²) in [5.41, 5.74) is 27.7. The van der Waals surface area contributed by atoms with Gasteiger partial charge in [0.1, 0.15) is 0 Å². The molecule has 3 heterocycles. The van der Waals surface area contributed by atoms with E-state index >= 15 is 0 Å². The molecule has 0 amide bonds. The molecule has 0 saturated heterocycles. The first-order valence-corrected chi connectivity index (χ1v) is 30.3. The number of hydrogen-bond acceptors (Lipinski definition) is 3. The Morgan fingerprint density at radius 2 is 0.793 bits per heavy atom. The van der Waals surface area contributed by atoms with Crippen molar-refractivity contribution in [2.75, 3.05) is 14.7 Å². The van der Waals surface area contributed by atoms with Crippen LogP contribution in [0.25, 0.3) is 0 Å². The minimum atomic E-state index is -0.250. The highest BCUT2D eigenvalue weighted by Gasteiger charge is 2.54. The SMILES string of the molecule is CC1(C)C2=C(C=C3C(C)(C)c4ccccc4N(c4ccccc4)C3(C)C2)CC(c2ccc(C3CC3c3ccc(N4c5ccccc5C(C)(C)c5cc6c(cc54)C(C)(C)c4ccccc4N6c4ccccc4)cc3)cc2)Cc2ccccc21. The van der Waals surface area contributed by atoms with Gasteiger partial charge in [-0.15, -0.1) is 0 Å². The Labute approximate surface area is 487 Å². The number of anilines is 8. The van der Waals surface area contributed by atoms with Crippen molar-refractivity contribution >= 4 is 45.5 Å². The van der Waals surface area contributed by atoms with Crippen LogP contribution in [0.2, 0.25) is 0 Å². The molecule has 0 aromatic heterocycles. The van der Waals surface area contributed by atoms with Gasteiger partial charge in [0.15, 0.2) is 0 Å². The van der Waals surface area contributed by atoms with Gasteiger partial charge in [-0.3, -0.25) is 0 Å². The van der Waals surface area contributed by atoms with E-state index < -0.39 is 0 Å². The molecule has 1 saturated carbocycles. The summed E-state index contributed by atoms with van der Waals surface area (Å²) in [5, 5.41) is 0. The molecule has 3 nitrogen and oxygen atoms in total. The highest BCUT2D eigenvalue weighted by Crippen LogP contribution is 2.62. The monoisotopic (exact) mass is 1070 g/mol. The van der Waals surface area contributed by atoms with Gasteiger partial charge in [-0.25, -0.2) is 0 Å². The molecule has 15 rings (SSSR count). The molecule has 0 bridgehead atoms. The van der Waals surface area contributed by atoms with Gasteiger partial charge in [-0.1, -0.05) is 219 Å². The third-order valence-electron chi connectivity index (χ3n) is 21.0. The van der Waals surface area contributed by atoms with Crippen molar-refractivity contribution in [1.82, 2.24) is 0 Å². The zero-order chi connectivity index (χ0) is 56.1. The molecule has 4 unspecified atom stereocenters. The molecule has 0 spiro atoms. The average molecular weight is 1070 g/mol. The fourth-order valence-corrected chi connectivity index (χ4v) is 16.6. The average Bonchev–Trinajstić information content (AvgIpc) is 2.81. The van der Waals surface area contributed by atoms with E-state index in [4.69, 9.17) is 0 Å². The Morgan fingerprint density at radius 1 is 0.354 bits per heavy atom. The predicted octanol–water partition coefficient (Wildman–Crippen LogP) is 20.7. The highest BCUT2D eigenvalue weighted by molar-refractivity contribution is 5.93. The maximum atomic E-state index is 2.69. The zero-order valence-corrected chi connectivity index (χ0v) is 49.3. The maximum absolute atomic E-state index is 2.69. The molecule has 1 fully saturated rings. The van der Waals surface area contributed by atoms with E-state index in [1.165, 1.54) is 119 Å². The van der Waals surface area contributed by atoms with Crippen molar-refractivity contribution in [3.63, 3.8) is 0 Å². The largest absolute Gasteiger partial charge is 0.331 e. The van der Waals surface area contributed by atoms with Crippen LogP contribution in [0, 0.1) is 0 Å². The van der Waals surface area contributed by atoms with Gasteiger partial charge in [0.25, 0.3) is 0 Å². The summed E-state index contributed by atoms with van der Waals surface area (Å²) in [7, 11) is 0. The molecule has 406 valence electrons. The van der Waals surface area contributed by atoms with E-state index in [1.807, 2.05) is 0 Å². The van der Waals surface area contributed by atoms with Crippen molar-refractivity contribution in [1.29, 1.82) is 0 Å². The molecule has 6 aliphatic rings. The molecule has 4 atom stereocenters. The summed E-state index contributed by atoms with van der Waals surface area (Å²) in [6.07, 6.45) is 6.89. The number of rotatable bonds is 6. The summed E-state index contributed by atoms with van der Waals surface area (Å²) in [4.78, 5) is 7.73. The second-order valence-electron chi connectivity index (χ2n) is 27.1. The van der Waals surface area contributed by atoms with Crippen LogP contribution < -0.4 is 14.7 Å². The fraction of sp³-hybridized carbons (Fsp3) is 0.266. The van der Waals surface area contributed by atoms with Crippen molar-refractivity contribution < 1.29 is 0 Å². The number of allylic oxidation sites excluding steroid dienone is 2. The fourth-order valence-electron chi connectivity index (χ4n) is 16.6. The standard InChI is InChI=1S/C79H75N3/c1-75(2)62-29-17-16-24-54(62)44-55(45-56-46-74-78(7,8)65-32-20-23-35-71(65)82(59-27-14-11-15-28-59)79(74,9)50-68(56)75)51-36-38-52(39-37-51)60-47-61(60)53-40-42-58(43-41-53)81-70-34-22-19-31-64(70)77(5,6)67-48-72-66(49-73(67)81)76(3,4)63-30-18-21-33-69(63)80(72)57-25-12-10-13-26-57/h10-43,46,48-49,55,60-61H,44-45,47,50H2,1-9H3. The van der Waals surface area contributed by atoms with Gasteiger partial charge < -0.3 is 14.7 Å². The summed E-state index contributed by atoms with van der Waals surface area (Å²) >= 11 is 0. The number of benzene rings is 9. The third kappa shape index (κ3) is 7.53. The van der Waals surface area contributed by atoms with Crippen LogP contribution in [-0.2, 0) is 28.1 Å². The lowest BCUT2D eigenvalue weighted by Crippen LogP contribution is -2.56. The molecule has 0 radical (unpaired) electrons. The van der Waals surface area contributed by atoms with Crippen LogP contribution in [0.4, 0.5) is 45.5 Å². The smallest absolute Gasteiger partial charge is 0.0683 e. The molecule has 9 aromatic carbocycles. The Morgan fingerprint density at radius 3 is 1.35 bits per heavy atom. The predicted molar refractivity (Wildman–Crippen MR) is 343 cm³/mol. The second-order valence-corrected chi connectivity index (χ2v) is 27.1. The molecule has 9 aromatic rings. The Bertz CT molecular complexity index is 4080. The van der Waals surface area contributed by atoms with E-state index in [1.54, 1.807) is 5.57 Å². The van der Waals surface area contributed by atoms with Crippen LogP contribution in [0.3, 0.4) is 0 Å². The number of fused-ring (bicyclic) bond motifs is 7. The molecular formula is C79H75N3. The summed E-state index contributed by atoms with van der Waals surface area (Å²) < 4.78 is 0. The van der Waals surface area contributed by atoms with Crippen LogP contribution in [0.5, 0.6) is 0 Å². The topological polar surface area (TPSA) is 9.72 Å². The molecule has 3 aliphatic carbocycles. The molecule has 3 aliphatic heterocycles. The highest BCUT2D eigenvalue weighted by atomic mass is 15.2. The molecule has 0 N–H and O–H groups in total. The maximum Gasteiger partial charge on any atom is 0.0683 e. The van der Waals surface area contributed by atoms with Gasteiger partial charge in [0.2, 0.25) is 0 Å². The van der Waals surface area contributed by atoms with Crippen LogP contribution in [0.1, 0.15) is 155 Å². The van der Waals surface area contributed by atoms with Crippen molar-refractivity contribution in [2.45, 2.75) is 133 Å². The lowest BCUT2D eigenvalue weighted by atomic mass is 9.56.